The maximum absolute atomic E-state index is 12.0. The highest BCUT2D eigenvalue weighted by molar-refractivity contribution is 7.13. The molecule has 0 aromatic carbocycles. The number of aromatic nitrogens is 1. The Morgan fingerprint density at radius 2 is 2.17 bits per heavy atom. The number of nitrogens with zero attached hydrogens (tertiary/aromatic N) is 2. The highest BCUT2D eigenvalue weighted by Crippen LogP contribution is 2.19. The summed E-state index contributed by atoms with van der Waals surface area (Å²) in [7, 11) is 0. The largest absolute Gasteiger partial charge is 0.373 e. The van der Waals surface area contributed by atoms with Gasteiger partial charge in [-0.1, -0.05) is 0 Å². The first kappa shape index (κ1) is 17.5. The molecule has 2 aromatic heterocycles. The number of carbonyl (C=O) groups excluding carboxylic acids is 1. The molecule has 130 valence electrons. The van der Waals surface area contributed by atoms with Crippen LogP contribution < -0.4 is 5.32 Å². The number of aryl methyl sites for hydroxylation is 1. The summed E-state index contributed by atoms with van der Waals surface area (Å²) >= 11 is 3.15. The first-order chi connectivity index (χ1) is 11.6. The molecule has 2 aromatic rings. The van der Waals surface area contributed by atoms with Gasteiger partial charge < -0.3 is 10.1 Å². The summed E-state index contributed by atoms with van der Waals surface area (Å²) in [6.45, 7) is 6.85. The molecule has 2 atom stereocenters. The summed E-state index contributed by atoms with van der Waals surface area (Å²) in [6, 6.07) is 2.06. The predicted octanol–water partition coefficient (Wildman–Crippen LogP) is 3.39. The van der Waals surface area contributed by atoms with Crippen molar-refractivity contribution in [1.29, 1.82) is 0 Å². The molecule has 24 heavy (non-hydrogen) atoms. The molecule has 1 N–H and O–H groups in total. The van der Waals surface area contributed by atoms with E-state index in [2.05, 4.69) is 40.5 Å². The summed E-state index contributed by atoms with van der Waals surface area (Å²) in [5.41, 5.74) is 2.22. The van der Waals surface area contributed by atoms with Gasteiger partial charge in [0.1, 0.15) is 0 Å². The van der Waals surface area contributed by atoms with E-state index in [9.17, 15) is 4.79 Å². The minimum atomic E-state index is 0.0238. The minimum Gasteiger partial charge on any atom is -0.373 e. The first-order valence-electron chi connectivity index (χ1n) is 8.21. The Morgan fingerprint density at radius 3 is 2.88 bits per heavy atom. The van der Waals surface area contributed by atoms with Crippen molar-refractivity contribution in [1.82, 2.24) is 9.88 Å². The van der Waals surface area contributed by atoms with Crippen molar-refractivity contribution in [2.24, 2.45) is 0 Å². The van der Waals surface area contributed by atoms with E-state index in [1.807, 2.05) is 10.8 Å². The van der Waals surface area contributed by atoms with Gasteiger partial charge in [-0.05, 0) is 42.7 Å². The Bertz CT molecular complexity index is 647. The number of nitrogens with one attached hydrogen (secondary N) is 1. The standard InChI is InChI=1S/C17H23N3O2S2/c1-12-7-20(8-13(2)22-12)9-15-11-24-17(18-15)19-16(21)4-3-14-5-6-23-10-14/h5-6,10-13H,3-4,7-9H2,1-2H3,(H,18,19,21)/t12-,13-/m0/s1. The van der Waals surface area contributed by atoms with Gasteiger partial charge in [0, 0.05) is 31.4 Å². The quantitative estimate of drug-likeness (QED) is 0.853. The van der Waals surface area contributed by atoms with Crippen LogP contribution in [0.2, 0.25) is 0 Å². The Hall–Kier alpha value is -1.28. The van der Waals surface area contributed by atoms with Gasteiger partial charge in [0.05, 0.1) is 17.9 Å². The van der Waals surface area contributed by atoms with Gasteiger partial charge in [-0.3, -0.25) is 9.69 Å². The van der Waals surface area contributed by atoms with Gasteiger partial charge in [0.2, 0.25) is 5.91 Å². The second-order valence-electron chi connectivity index (χ2n) is 6.28. The lowest BCUT2D eigenvalue weighted by atomic mass is 10.2. The summed E-state index contributed by atoms with van der Waals surface area (Å²) in [4.78, 5) is 18.9. The second-order valence-corrected chi connectivity index (χ2v) is 7.91. The van der Waals surface area contributed by atoms with Crippen molar-refractivity contribution in [3.63, 3.8) is 0 Å². The van der Waals surface area contributed by atoms with Crippen LogP contribution in [0.1, 0.15) is 31.5 Å². The topological polar surface area (TPSA) is 54.5 Å². The van der Waals surface area contributed by atoms with Gasteiger partial charge in [0.25, 0.3) is 0 Å². The maximum Gasteiger partial charge on any atom is 0.226 e. The minimum absolute atomic E-state index is 0.0238. The van der Waals surface area contributed by atoms with Crippen LogP contribution in [0.5, 0.6) is 0 Å². The normalized spacial score (nSPS) is 21.8. The van der Waals surface area contributed by atoms with Crippen LogP contribution in [0, 0.1) is 0 Å². The number of hydrogen-bond acceptors (Lipinski definition) is 6. The van der Waals surface area contributed by atoms with E-state index >= 15 is 0 Å². The molecule has 5 nitrogen and oxygen atoms in total. The van der Waals surface area contributed by atoms with Crippen LogP contribution >= 0.6 is 22.7 Å². The van der Waals surface area contributed by atoms with Gasteiger partial charge >= 0.3 is 0 Å². The number of morpholine rings is 1. The summed E-state index contributed by atoms with van der Waals surface area (Å²) in [5.74, 6) is 0.0238. The van der Waals surface area contributed by atoms with Crippen LogP contribution in [0.3, 0.4) is 0 Å². The van der Waals surface area contributed by atoms with E-state index in [0.29, 0.717) is 11.6 Å². The lowest BCUT2D eigenvalue weighted by Crippen LogP contribution is -2.44. The highest BCUT2D eigenvalue weighted by Gasteiger charge is 2.22. The molecule has 1 aliphatic heterocycles. The number of ether oxygens (including phenoxy) is 1. The van der Waals surface area contributed by atoms with Crippen LogP contribution in [0.25, 0.3) is 0 Å². The van der Waals surface area contributed by atoms with Gasteiger partial charge in [-0.2, -0.15) is 11.3 Å². The molecule has 1 saturated heterocycles. The Labute approximate surface area is 150 Å². The molecule has 0 radical (unpaired) electrons. The average molecular weight is 366 g/mol. The molecule has 7 heteroatoms. The van der Waals surface area contributed by atoms with Crippen LogP contribution in [-0.4, -0.2) is 41.1 Å². The predicted molar refractivity (Wildman–Crippen MR) is 98.7 cm³/mol. The summed E-state index contributed by atoms with van der Waals surface area (Å²) in [5, 5.41) is 9.74. The second kappa shape index (κ2) is 8.20. The van der Waals surface area contributed by atoms with Crippen LogP contribution in [-0.2, 0) is 22.5 Å². The molecular formula is C17H23N3O2S2. The molecule has 0 spiro atoms. The average Bonchev–Trinajstić information content (AvgIpc) is 3.16. The zero-order valence-corrected chi connectivity index (χ0v) is 15.7. The summed E-state index contributed by atoms with van der Waals surface area (Å²) < 4.78 is 5.75. The maximum atomic E-state index is 12.0. The van der Waals surface area contributed by atoms with E-state index in [0.717, 1.165) is 31.7 Å². The Balaban J connectivity index is 1.47. The van der Waals surface area contributed by atoms with E-state index < -0.39 is 0 Å². The fourth-order valence-electron chi connectivity index (χ4n) is 2.95. The van der Waals surface area contributed by atoms with Crippen molar-refractivity contribution < 1.29 is 9.53 Å². The van der Waals surface area contributed by atoms with Crippen molar-refractivity contribution in [3.05, 3.63) is 33.5 Å². The number of anilines is 1. The number of thiazole rings is 1. The monoisotopic (exact) mass is 365 g/mol. The molecular weight excluding hydrogens is 342 g/mol. The van der Waals surface area contributed by atoms with E-state index in [1.54, 1.807) is 11.3 Å². The number of amides is 1. The number of carbonyl (C=O) groups is 1. The molecule has 0 unspecified atom stereocenters. The fraction of sp³-hybridized carbons (Fsp3) is 0.529. The molecule has 0 aliphatic carbocycles. The van der Waals surface area contributed by atoms with Crippen molar-refractivity contribution >= 4 is 33.7 Å². The van der Waals surface area contributed by atoms with Gasteiger partial charge in [-0.15, -0.1) is 11.3 Å². The van der Waals surface area contributed by atoms with E-state index in [4.69, 9.17) is 4.74 Å². The van der Waals surface area contributed by atoms with Gasteiger partial charge in [0.15, 0.2) is 5.13 Å². The number of rotatable bonds is 6. The molecule has 0 bridgehead atoms. The molecule has 1 aliphatic rings. The van der Waals surface area contributed by atoms with Crippen molar-refractivity contribution in [3.8, 4) is 0 Å². The first-order valence-corrected chi connectivity index (χ1v) is 10.0. The third kappa shape index (κ3) is 5.11. The molecule has 1 fully saturated rings. The third-order valence-corrected chi connectivity index (χ3v) is 5.44. The lowest BCUT2D eigenvalue weighted by molar-refractivity contribution is -0.116. The molecule has 3 heterocycles. The number of hydrogen-bond donors (Lipinski definition) is 1. The summed E-state index contributed by atoms with van der Waals surface area (Å²) in [6.07, 6.45) is 1.77. The van der Waals surface area contributed by atoms with Crippen LogP contribution in [0.15, 0.2) is 22.2 Å². The zero-order valence-electron chi connectivity index (χ0n) is 14.0. The SMILES string of the molecule is C[C@H]1CN(Cc2csc(NC(=O)CCc3ccsc3)n2)C[C@H](C)O1. The fourth-order valence-corrected chi connectivity index (χ4v) is 4.37. The van der Waals surface area contributed by atoms with Crippen molar-refractivity contribution in [2.45, 2.75) is 45.4 Å². The van der Waals surface area contributed by atoms with Gasteiger partial charge in [-0.25, -0.2) is 4.98 Å². The lowest BCUT2D eigenvalue weighted by Gasteiger charge is -2.34. The molecule has 0 saturated carbocycles. The molecule has 3 rings (SSSR count). The Morgan fingerprint density at radius 1 is 1.38 bits per heavy atom. The Kier molecular flexibility index (Phi) is 5.99. The molecule has 1 amide bonds. The zero-order chi connectivity index (χ0) is 16.9. The van der Waals surface area contributed by atoms with E-state index in [-0.39, 0.29) is 18.1 Å². The highest BCUT2D eigenvalue weighted by atomic mass is 32.1. The van der Waals surface area contributed by atoms with E-state index in [1.165, 1.54) is 16.9 Å². The number of thiophene rings is 1. The van der Waals surface area contributed by atoms with Crippen molar-refractivity contribution in [2.75, 3.05) is 18.4 Å². The smallest absolute Gasteiger partial charge is 0.226 e. The third-order valence-electron chi connectivity index (χ3n) is 3.90. The van der Waals surface area contributed by atoms with Crippen LogP contribution in [0.4, 0.5) is 5.13 Å².